The Morgan fingerprint density at radius 1 is 1.12 bits per heavy atom. The van der Waals surface area contributed by atoms with Crippen LogP contribution < -0.4 is 5.73 Å². The molecule has 0 spiro atoms. The van der Waals surface area contributed by atoms with Crippen LogP contribution >= 0.6 is 0 Å². The van der Waals surface area contributed by atoms with Crippen LogP contribution in [0.1, 0.15) is 5.69 Å². The first kappa shape index (κ1) is 15.4. The van der Waals surface area contributed by atoms with Crippen LogP contribution in [0.4, 0.5) is 8.78 Å². The van der Waals surface area contributed by atoms with E-state index in [4.69, 9.17) is 10.3 Å². The number of nitrogens with zero attached hydrogens (tertiary/aromatic N) is 3. The Balaban J connectivity index is 1.86. The quantitative estimate of drug-likeness (QED) is 0.595. The molecule has 1 aromatic carbocycles. The summed E-state index contributed by atoms with van der Waals surface area (Å²) in [6.07, 6.45) is 1.98. The number of nitrogens with one attached hydrogen (secondary N) is 1. The third-order valence-electron chi connectivity index (χ3n) is 3.92. The minimum atomic E-state index is -0.959. The minimum Gasteiger partial charge on any atom is -0.354 e. The molecule has 0 aliphatic carbocycles. The average molecular weight is 341 g/mol. The fraction of sp³-hybridized carbons (Fsp3) is 0.118. The smallest absolute Gasteiger partial charge is 0.193 e. The summed E-state index contributed by atoms with van der Waals surface area (Å²) in [4.78, 5) is 4.41. The van der Waals surface area contributed by atoms with Crippen LogP contribution in [0, 0.1) is 11.6 Å². The van der Waals surface area contributed by atoms with Crippen molar-refractivity contribution in [2.45, 2.75) is 6.42 Å². The van der Waals surface area contributed by atoms with E-state index in [0.29, 0.717) is 35.3 Å². The molecule has 0 atom stereocenters. The van der Waals surface area contributed by atoms with E-state index in [2.05, 4.69) is 20.3 Å². The zero-order chi connectivity index (χ0) is 17.4. The molecule has 3 N–H and O–H groups in total. The summed E-state index contributed by atoms with van der Waals surface area (Å²) in [5, 5.41) is 11.4. The van der Waals surface area contributed by atoms with Crippen LogP contribution in [0.5, 0.6) is 0 Å². The van der Waals surface area contributed by atoms with Gasteiger partial charge in [-0.3, -0.25) is 5.10 Å². The number of aromatic nitrogens is 4. The zero-order valence-corrected chi connectivity index (χ0v) is 13.0. The van der Waals surface area contributed by atoms with Crippen molar-refractivity contribution in [3.8, 4) is 22.6 Å². The molecule has 25 heavy (non-hydrogen) atoms. The standard InChI is InChI=1S/C17H13F2N5O/c18-13-3-1-2-10(14(13)19)12-8-21-25-16(12)15-11-5-4-9(6-7-20)22-17(11)24-23-15/h1-5,8H,6-7,20H2,(H,22,23,24). The van der Waals surface area contributed by atoms with E-state index in [1.807, 2.05) is 12.1 Å². The number of H-pyrrole nitrogens is 1. The molecule has 0 saturated carbocycles. The van der Waals surface area contributed by atoms with Gasteiger partial charge in [0.1, 0.15) is 5.69 Å². The lowest BCUT2D eigenvalue weighted by Gasteiger charge is -2.03. The van der Waals surface area contributed by atoms with E-state index in [-0.39, 0.29) is 11.3 Å². The van der Waals surface area contributed by atoms with Gasteiger partial charge in [-0.1, -0.05) is 17.3 Å². The number of halogens is 2. The van der Waals surface area contributed by atoms with E-state index in [9.17, 15) is 8.78 Å². The average Bonchev–Trinajstić information content (AvgIpc) is 3.23. The molecule has 0 aliphatic heterocycles. The number of benzene rings is 1. The van der Waals surface area contributed by atoms with Gasteiger partial charge >= 0.3 is 0 Å². The van der Waals surface area contributed by atoms with Crippen molar-refractivity contribution in [3.63, 3.8) is 0 Å². The molecular formula is C17H13F2N5O. The van der Waals surface area contributed by atoms with Crippen molar-refractivity contribution in [1.29, 1.82) is 0 Å². The number of pyridine rings is 1. The van der Waals surface area contributed by atoms with Crippen LogP contribution in [-0.4, -0.2) is 26.9 Å². The van der Waals surface area contributed by atoms with Gasteiger partial charge in [-0.2, -0.15) is 5.10 Å². The maximum Gasteiger partial charge on any atom is 0.193 e. The van der Waals surface area contributed by atoms with E-state index in [0.717, 1.165) is 11.8 Å². The first-order valence-electron chi connectivity index (χ1n) is 7.62. The predicted molar refractivity (Wildman–Crippen MR) is 87.5 cm³/mol. The maximum atomic E-state index is 14.1. The molecule has 3 heterocycles. The van der Waals surface area contributed by atoms with Gasteiger partial charge in [-0.15, -0.1) is 0 Å². The Kier molecular flexibility index (Phi) is 3.73. The summed E-state index contributed by atoms with van der Waals surface area (Å²) in [6.45, 7) is 0.487. The Morgan fingerprint density at radius 2 is 2.00 bits per heavy atom. The van der Waals surface area contributed by atoms with Crippen LogP contribution in [0.15, 0.2) is 41.1 Å². The topological polar surface area (TPSA) is 93.6 Å². The highest BCUT2D eigenvalue weighted by Gasteiger charge is 2.21. The number of hydrogen-bond donors (Lipinski definition) is 2. The van der Waals surface area contributed by atoms with E-state index >= 15 is 0 Å². The second-order valence-corrected chi connectivity index (χ2v) is 5.48. The molecule has 0 radical (unpaired) electrons. The molecule has 0 aliphatic rings. The van der Waals surface area contributed by atoms with Crippen molar-refractivity contribution in [2.75, 3.05) is 6.54 Å². The van der Waals surface area contributed by atoms with Gasteiger partial charge in [-0.25, -0.2) is 13.8 Å². The number of rotatable bonds is 4. The van der Waals surface area contributed by atoms with Gasteiger partial charge in [0, 0.05) is 17.7 Å². The van der Waals surface area contributed by atoms with Crippen molar-refractivity contribution < 1.29 is 13.3 Å². The molecule has 0 unspecified atom stereocenters. The van der Waals surface area contributed by atoms with Crippen LogP contribution in [-0.2, 0) is 6.42 Å². The van der Waals surface area contributed by atoms with Crippen molar-refractivity contribution in [3.05, 3.63) is 53.9 Å². The second-order valence-electron chi connectivity index (χ2n) is 5.48. The Hall–Kier alpha value is -3.13. The number of hydrogen-bond acceptors (Lipinski definition) is 5. The second kappa shape index (κ2) is 6.06. The first-order valence-corrected chi connectivity index (χ1v) is 7.62. The number of fused-ring (bicyclic) bond motifs is 1. The molecule has 8 heteroatoms. The monoisotopic (exact) mass is 341 g/mol. The summed E-state index contributed by atoms with van der Waals surface area (Å²) in [5.74, 6) is -1.63. The highest BCUT2D eigenvalue weighted by Crippen LogP contribution is 2.35. The summed E-state index contributed by atoms with van der Waals surface area (Å²) in [7, 11) is 0. The number of aromatic amines is 1. The SMILES string of the molecule is NCCc1ccc2c(-c3oncc3-c3cccc(F)c3F)[nH]nc2n1. The highest BCUT2D eigenvalue weighted by molar-refractivity contribution is 5.93. The van der Waals surface area contributed by atoms with Gasteiger partial charge in [-0.05, 0) is 24.7 Å². The fourth-order valence-electron chi connectivity index (χ4n) is 2.72. The molecule has 0 fully saturated rings. The first-order chi connectivity index (χ1) is 12.2. The molecule has 4 rings (SSSR count). The predicted octanol–water partition coefficient (Wildman–Crippen LogP) is 3.06. The van der Waals surface area contributed by atoms with E-state index in [1.165, 1.54) is 18.3 Å². The van der Waals surface area contributed by atoms with Gasteiger partial charge in [0.05, 0.1) is 17.1 Å². The molecule has 6 nitrogen and oxygen atoms in total. The van der Waals surface area contributed by atoms with Crippen LogP contribution in [0.2, 0.25) is 0 Å². The highest BCUT2D eigenvalue weighted by atomic mass is 19.2. The van der Waals surface area contributed by atoms with E-state index < -0.39 is 11.6 Å². The minimum absolute atomic E-state index is 0.0618. The van der Waals surface area contributed by atoms with Gasteiger partial charge in [0.15, 0.2) is 23.0 Å². The van der Waals surface area contributed by atoms with Crippen molar-refractivity contribution in [2.24, 2.45) is 5.73 Å². The van der Waals surface area contributed by atoms with Crippen molar-refractivity contribution >= 4 is 11.0 Å². The largest absolute Gasteiger partial charge is 0.354 e. The summed E-state index contributed by atoms with van der Waals surface area (Å²) < 4.78 is 33.0. The van der Waals surface area contributed by atoms with Crippen LogP contribution in [0.25, 0.3) is 33.6 Å². The fourth-order valence-corrected chi connectivity index (χ4v) is 2.72. The van der Waals surface area contributed by atoms with Crippen molar-refractivity contribution in [1.82, 2.24) is 20.3 Å². The molecule has 0 saturated heterocycles. The summed E-state index contributed by atoms with van der Waals surface area (Å²) >= 11 is 0. The Labute approximate surface area is 140 Å². The van der Waals surface area contributed by atoms with Gasteiger partial charge in [0.25, 0.3) is 0 Å². The maximum absolute atomic E-state index is 14.1. The molecule has 126 valence electrons. The zero-order valence-electron chi connectivity index (χ0n) is 13.0. The van der Waals surface area contributed by atoms with Gasteiger partial charge < -0.3 is 10.3 Å². The molecule has 3 aromatic heterocycles. The lowest BCUT2D eigenvalue weighted by Crippen LogP contribution is -2.04. The molecule has 0 bridgehead atoms. The summed E-state index contributed by atoms with van der Waals surface area (Å²) in [6, 6.07) is 7.62. The van der Waals surface area contributed by atoms with Crippen LogP contribution in [0.3, 0.4) is 0 Å². The molecular weight excluding hydrogens is 328 g/mol. The lowest BCUT2D eigenvalue weighted by molar-refractivity contribution is 0.431. The number of nitrogens with two attached hydrogens (primary N) is 1. The third-order valence-corrected chi connectivity index (χ3v) is 3.92. The molecule has 0 amide bonds. The third kappa shape index (κ3) is 2.56. The Morgan fingerprint density at radius 3 is 2.84 bits per heavy atom. The molecule has 4 aromatic rings. The Bertz CT molecular complexity index is 1060. The normalized spacial score (nSPS) is 11.3. The lowest BCUT2D eigenvalue weighted by atomic mass is 10.0. The summed E-state index contributed by atoms with van der Waals surface area (Å²) in [5.41, 5.74) is 7.74. The van der Waals surface area contributed by atoms with Gasteiger partial charge in [0.2, 0.25) is 0 Å². The van der Waals surface area contributed by atoms with E-state index in [1.54, 1.807) is 0 Å².